The Bertz CT molecular complexity index is 1540. The van der Waals surface area contributed by atoms with Crippen molar-refractivity contribution in [2.75, 3.05) is 39.5 Å². The molecule has 1 fully saturated rings. The van der Waals surface area contributed by atoms with Gasteiger partial charge in [0.25, 0.3) is 0 Å². The molecule has 0 aromatic heterocycles. The maximum Gasteiger partial charge on any atom is 0.407 e. The van der Waals surface area contributed by atoms with Gasteiger partial charge in [-0.15, -0.1) is 0 Å². The summed E-state index contributed by atoms with van der Waals surface area (Å²) in [5, 5.41) is 39.2. The number of hydrogen-bond donors (Lipinski definition) is 5. The summed E-state index contributed by atoms with van der Waals surface area (Å²) in [6.07, 6.45) is -3.62. The molecule has 1 heterocycles. The van der Waals surface area contributed by atoms with Crippen molar-refractivity contribution in [2.45, 2.75) is 76.0 Å². The summed E-state index contributed by atoms with van der Waals surface area (Å²) in [6.45, 7) is 9.74. The smallest absolute Gasteiger partial charge is 0.407 e. The van der Waals surface area contributed by atoms with Crippen molar-refractivity contribution in [3.8, 4) is 5.75 Å². The molecule has 2 amide bonds. The molecule has 51 heavy (non-hydrogen) atoms. The van der Waals surface area contributed by atoms with Crippen molar-refractivity contribution in [3.63, 3.8) is 0 Å². The van der Waals surface area contributed by atoms with Gasteiger partial charge in [-0.2, -0.15) is 0 Å². The zero-order valence-corrected chi connectivity index (χ0v) is 29.7. The predicted molar refractivity (Wildman–Crippen MR) is 192 cm³/mol. The molecular formula is C39H53N3O9. The molecule has 12 heteroatoms. The van der Waals surface area contributed by atoms with Crippen molar-refractivity contribution >= 4 is 12.0 Å². The van der Waals surface area contributed by atoms with Crippen LogP contribution < -0.4 is 15.4 Å². The molecule has 1 aliphatic heterocycles. The molecule has 278 valence electrons. The number of ether oxygens (including phenoxy) is 3. The largest absolute Gasteiger partial charge is 0.492 e. The third-order valence-corrected chi connectivity index (χ3v) is 9.13. The Morgan fingerprint density at radius 3 is 2.29 bits per heavy atom. The molecule has 0 radical (unpaired) electrons. The third-order valence-electron chi connectivity index (χ3n) is 9.13. The molecule has 1 saturated heterocycles. The molecule has 3 aromatic rings. The highest BCUT2D eigenvalue weighted by Crippen LogP contribution is 2.39. The summed E-state index contributed by atoms with van der Waals surface area (Å²) in [5.41, 5.74) is 2.19. The number of amides is 2. The lowest BCUT2D eigenvalue weighted by molar-refractivity contribution is -0.128. The van der Waals surface area contributed by atoms with Crippen molar-refractivity contribution in [1.82, 2.24) is 15.5 Å². The van der Waals surface area contributed by atoms with E-state index in [2.05, 4.69) is 15.5 Å². The van der Waals surface area contributed by atoms with Crippen LogP contribution in [0, 0.1) is 5.92 Å². The maximum absolute atomic E-state index is 14.1. The second kappa shape index (κ2) is 18.5. The number of carbonyl (C=O) groups is 2. The van der Waals surface area contributed by atoms with Crippen molar-refractivity contribution in [1.29, 1.82) is 0 Å². The van der Waals surface area contributed by atoms with Gasteiger partial charge < -0.3 is 45.6 Å². The number of nitrogens with zero attached hydrogens (tertiary/aromatic N) is 1. The first-order valence-corrected chi connectivity index (χ1v) is 17.5. The molecule has 2 aliphatic rings. The van der Waals surface area contributed by atoms with E-state index in [1.54, 1.807) is 45.0 Å². The number of rotatable bonds is 14. The number of fused-ring (bicyclic) bond motifs is 1. The summed E-state index contributed by atoms with van der Waals surface area (Å²) >= 11 is 0. The van der Waals surface area contributed by atoms with Gasteiger partial charge >= 0.3 is 6.09 Å². The average Bonchev–Trinajstić information content (AvgIpc) is 3.32. The van der Waals surface area contributed by atoms with Crippen LogP contribution in [-0.2, 0) is 27.1 Å². The summed E-state index contributed by atoms with van der Waals surface area (Å²) in [7, 11) is 0. The monoisotopic (exact) mass is 707 g/mol. The fraction of sp³-hybridized carbons (Fsp3) is 0.487. The van der Waals surface area contributed by atoms with Gasteiger partial charge in [0, 0.05) is 25.6 Å². The van der Waals surface area contributed by atoms with Crippen LogP contribution in [-0.4, -0.2) is 101 Å². The summed E-state index contributed by atoms with van der Waals surface area (Å²) in [4.78, 5) is 29.4. The van der Waals surface area contributed by atoms with Gasteiger partial charge in [0.1, 0.15) is 30.2 Å². The minimum absolute atomic E-state index is 0. The first kappa shape index (κ1) is 39.7. The lowest BCUT2D eigenvalue weighted by Crippen LogP contribution is -2.48. The molecule has 1 aliphatic carbocycles. The number of morpholine rings is 1. The van der Waals surface area contributed by atoms with E-state index in [9.17, 15) is 24.9 Å². The second-order valence-corrected chi connectivity index (χ2v) is 14.1. The van der Waals surface area contributed by atoms with Gasteiger partial charge in [0.15, 0.2) is 0 Å². The fourth-order valence-electron chi connectivity index (χ4n) is 6.56. The van der Waals surface area contributed by atoms with Crippen LogP contribution in [0.5, 0.6) is 5.75 Å². The van der Waals surface area contributed by atoms with Gasteiger partial charge in [-0.3, -0.25) is 9.69 Å². The van der Waals surface area contributed by atoms with E-state index in [0.717, 1.165) is 30.8 Å². The van der Waals surface area contributed by atoms with Gasteiger partial charge in [-0.05, 0) is 74.4 Å². The molecule has 3 aromatic carbocycles. The average molecular weight is 708 g/mol. The quantitative estimate of drug-likeness (QED) is 0.168. The number of hydrogen-bond acceptors (Lipinski definition) is 9. The number of carbonyl (C=O) groups excluding carboxylic acids is 2. The highest BCUT2D eigenvalue weighted by molar-refractivity contribution is 5.80. The SMILES string of the molecule is CC(C)(C)OC(=O)N[C@@H](Cc1ccccc1)[C@@H](O)C[C@@H](Cc1cccc(OCCN2CCOCC2)c1)C(=O)N[C@H]1c2ccccc2[C@@H](O)[C@H]1O.O. The first-order chi connectivity index (χ1) is 24.0. The number of nitrogens with one attached hydrogen (secondary N) is 2. The van der Waals surface area contributed by atoms with E-state index in [-0.39, 0.29) is 18.3 Å². The molecular weight excluding hydrogens is 654 g/mol. The lowest BCUT2D eigenvalue weighted by Gasteiger charge is -2.30. The predicted octanol–water partition coefficient (Wildman–Crippen LogP) is 2.88. The Hall–Kier alpha value is -4.04. The Morgan fingerprint density at radius 1 is 0.922 bits per heavy atom. The Morgan fingerprint density at radius 2 is 1.59 bits per heavy atom. The van der Waals surface area contributed by atoms with E-state index in [1.165, 1.54) is 0 Å². The molecule has 0 unspecified atom stereocenters. The van der Waals surface area contributed by atoms with Crippen molar-refractivity contribution < 1.29 is 44.6 Å². The van der Waals surface area contributed by atoms with Crippen LogP contribution in [0.2, 0.25) is 0 Å². The van der Waals surface area contributed by atoms with Crippen LogP contribution in [0.15, 0.2) is 78.9 Å². The number of alkyl carbamates (subject to hydrolysis) is 1. The number of aliphatic hydroxyl groups excluding tert-OH is 3. The normalized spacial score (nSPS) is 20.6. The van der Waals surface area contributed by atoms with E-state index >= 15 is 0 Å². The molecule has 5 rings (SSSR count). The van der Waals surface area contributed by atoms with E-state index in [0.29, 0.717) is 43.1 Å². The minimum atomic E-state index is -1.23. The third kappa shape index (κ3) is 11.5. The van der Waals surface area contributed by atoms with Crippen LogP contribution in [0.3, 0.4) is 0 Å². The van der Waals surface area contributed by atoms with Crippen LogP contribution in [0.25, 0.3) is 0 Å². The molecule has 0 saturated carbocycles. The summed E-state index contributed by atoms with van der Waals surface area (Å²) in [5.74, 6) is -0.497. The molecule has 12 nitrogen and oxygen atoms in total. The second-order valence-electron chi connectivity index (χ2n) is 14.1. The zero-order valence-electron chi connectivity index (χ0n) is 29.7. The number of benzene rings is 3. The first-order valence-electron chi connectivity index (χ1n) is 17.5. The van der Waals surface area contributed by atoms with Crippen LogP contribution in [0.4, 0.5) is 4.79 Å². The maximum atomic E-state index is 14.1. The fourth-order valence-corrected chi connectivity index (χ4v) is 6.56. The molecule has 6 atom stereocenters. The Balaban J connectivity index is 0.00000583. The molecule has 0 bridgehead atoms. The van der Waals surface area contributed by atoms with Gasteiger partial charge in [0.2, 0.25) is 5.91 Å². The Labute approximate surface area is 300 Å². The van der Waals surface area contributed by atoms with Crippen molar-refractivity contribution in [3.05, 3.63) is 101 Å². The molecule has 7 N–H and O–H groups in total. The van der Waals surface area contributed by atoms with Gasteiger partial charge in [-0.1, -0.05) is 66.7 Å². The lowest BCUT2D eigenvalue weighted by atomic mass is 9.88. The summed E-state index contributed by atoms with van der Waals surface area (Å²) < 4.78 is 17.0. The Kier molecular flexibility index (Phi) is 14.4. The van der Waals surface area contributed by atoms with Crippen molar-refractivity contribution in [2.24, 2.45) is 5.92 Å². The minimum Gasteiger partial charge on any atom is -0.492 e. The standard InChI is InChI=1S/C39H51N3O8.H2O/c1-39(2,3)50-38(47)40-32(24-26-10-5-4-6-11-26)33(43)25-28(37(46)41-34-30-14-7-8-15-31(30)35(44)36(34)45)22-27-12-9-13-29(23-27)49-21-18-42-16-19-48-20-17-42;/h4-15,23,28,32-36,43-45H,16-22,24-25H2,1-3H3,(H,40,47)(H,41,46);1H2/t28-,32+,33+,34+,35-,36+;/m1./s1. The molecule has 0 spiro atoms. The topological polar surface area (TPSA) is 181 Å². The van der Waals surface area contributed by atoms with Crippen LogP contribution >= 0.6 is 0 Å². The highest BCUT2D eigenvalue weighted by atomic mass is 16.6. The number of aliphatic hydroxyl groups is 3. The van der Waals surface area contributed by atoms with E-state index in [4.69, 9.17) is 14.2 Å². The zero-order chi connectivity index (χ0) is 35.7. The van der Waals surface area contributed by atoms with Gasteiger partial charge in [-0.25, -0.2) is 4.79 Å². The summed E-state index contributed by atoms with van der Waals surface area (Å²) in [6, 6.07) is 22.5. The van der Waals surface area contributed by atoms with E-state index in [1.807, 2.05) is 54.6 Å². The van der Waals surface area contributed by atoms with E-state index < -0.39 is 53.9 Å². The van der Waals surface area contributed by atoms with Crippen LogP contribution in [0.1, 0.15) is 61.6 Å². The highest BCUT2D eigenvalue weighted by Gasteiger charge is 2.40. The van der Waals surface area contributed by atoms with Gasteiger partial charge in [0.05, 0.1) is 31.4 Å².